The lowest BCUT2D eigenvalue weighted by Gasteiger charge is -2.40. The molecule has 2 saturated heterocycles. The zero-order valence-electron chi connectivity index (χ0n) is 20.3. The molecule has 176 valence electrons. The lowest BCUT2D eigenvalue weighted by Crippen LogP contribution is -2.56. The molecule has 2 amide bonds. The maximum Gasteiger partial charge on any atom is 0.494 e. The second-order valence-corrected chi connectivity index (χ2v) is 10.6. The van der Waals surface area contributed by atoms with Gasteiger partial charge in [0.1, 0.15) is 11.4 Å². The maximum atomic E-state index is 14.4. The highest BCUT2D eigenvalue weighted by molar-refractivity contribution is 6.62. The van der Waals surface area contributed by atoms with Gasteiger partial charge >= 0.3 is 13.2 Å². The van der Waals surface area contributed by atoms with E-state index in [0.29, 0.717) is 25.1 Å². The van der Waals surface area contributed by atoms with Crippen molar-refractivity contribution in [2.24, 2.45) is 0 Å². The monoisotopic (exact) mass is 448 g/mol. The average Bonchev–Trinajstić information content (AvgIpc) is 2.86. The summed E-state index contributed by atoms with van der Waals surface area (Å²) in [5, 5.41) is 0. The molecule has 3 rings (SSSR count). The Labute approximate surface area is 190 Å². The molecular formula is C23H34BFN2O5. The predicted octanol–water partition coefficient (Wildman–Crippen LogP) is 3.21. The Morgan fingerprint density at radius 3 is 2.22 bits per heavy atom. The molecule has 2 aliphatic rings. The Kier molecular flexibility index (Phi) is 6.39. The van der Waals surface area contributed by atoms with Gasteiger partial charge in [0.25, 0.3) is 5.91 Å². The molecule has 9 heteroatoms. The SMILES string of the molecule is C[C@H]1CN(C(=O)c2cc(F)cc(B3OC(C)(C)C(C)(C)O3)c2)CCN1C(=O)OC(C)(C)C. The minimum absolute atomic E-state index is 0.223. The Balaban J connectivity index is 1.73. The van der Waals surface area contributed by atoms with Crippen LogP contribution in [0.3, 0.4) is 0 Å². The van der Waals surface area contributed by atoms with Gasteiger partial charge in [-0.25, -0.2) is 9.18 Å². The van der Waals surface area contributed by atoms with Crippen LogP contribution in [0.2, 0.25) is 0 Å². The summed E-state index contributed by atoms with van der Waals surface area (Å²) in [7, 11) is -0.759. The molecule has 7 nitrogen and oxygen atoms in total. The highest BCUT2D eigenvalue weighted by Crippen LogP contribution is 2.36. The van der Waals surface area contributed by atoms with Gasteiger partial charge in [-0.05, 0) is 79.1 Å². The molecule has 1 atom stereocenters. The number of nitrogens with zero attached hydrogens (tertiary/aromatic N) is 2. The number of carbonyl (C=O) groups is 2. The number of rotatable bonds is 2. The summed E-state index contributed by atoms with van der Waals surface area (Å²) in [4.78, 5) is 28.9. The van der Waals surface area contributed by atoms with Gasteiger partial charge < -0.3 is 23.8 Å². The molecule has 1 aromatic rings. The van der Waals surface area contributed by atoms with Crippen molar-refractivity contribution in [3.8, 4) is 0 Å². The van der Waals surface area contributed by atoms with Gasteiger partial charge in [0.15, 0.2) is 0 Å². The zero-order valence-corrected chi connectivity index (χ0v) is 20.3. The van der Waals surface area contributed by atoms with Crippen molar-refractivity contribution in [3.63, 3.8) is 0 Å². The summed E-state index contributed by atoms with van der Waals surface area (Å²) in [6.07, 6.45) is -0.397. The van der Waals surface area contributed by atoms with Crippen molar-refractivity contribution in [3.05, 3.63) is 29.6 Å². The Hall–Kier alpha value is -2.13. The van der Waals surface area contributed by atoms with E-state index in [1.807, 2.05) is 55.4 Å². The highest BCUT2D eigenvalue weighted by atomic mass is 19.1. The van der Waals surface area contributed by atoms with E-state index in [-0.39, 0.29) is 17.5 Å². The van der Waals surface area contributed by atoms with Gasteiger partial charge in [-0.15, -0.1) is 0 Å². The molecular weight excluding hydrogens is 414 g/mol. The summed E-state index contributed by atoms with van der Waals surface area (Å²) in [5.41, 5.74) is -1.03. The Bertz CT molecular complexity index is 883. The van der Waals surface area contributed by atoms with Crippen LogP contribution >= 0.6 is 0 Å². The molecule has 0 bridgehead atoms. The van der Waals surface area contributed by atoms with Crippen molar-refractivity contribution in [1.29, 1.82) is 0 Å². The maximum absolute atomic E-state index is 14.4. The second-order valence-electron chi connectivity index (χ2n) is 10.6. The van der Waals surface area contributed by atoms with Crippen molar-refractivity contribution in [2.75, 3.05) is 19.6 Å². The van der Waals surface area contributed by atoms with Crippen LogP contribution in [0.4, 0.5) is 9.18 Å². The third-order valence-corrected chi connectivity index (χ3v) is 6.24. The zero-order chi connectivity index (χ0) is 24.1. The fraction of sp³-hybridized carbons (Fsp3) is 0.652. The molecule has 2 fully saturated rings. The van der Waals surface area contributed by atoms with E-state index in [4.69, 9.17) is 14.0 Å². The van der Waals surface area contributed by atoms with Crippen LogP contribution in [0.5, 0.6) is 0 Å². The van der Waals surface area contributed by atoms with Crippen LogP contribution in [0.15, 0.2) is 18.2 Å². The molecule has 32 heavy (non-hydrogen) atoms. The van der Waals surface area contributed by atoms with Crippen LogP contribution in [0.1, 0.15) is 65.7 Å². The summed E-state index contributed by atoms with van der Waals surface area (Å²) in [5.74, 6) is -0.820. The Morgan fingerprint density at radius 1 is 1.09 bits per heavy atom. The summed E-state index contributed by atoms with van der Waals surface area (Å²) in [6.45, 7) is 16.0. The fourth-order valence-corrected chi connectivity index (χ4v) is 3.77. The fourth-order valence-electron chi connectivity index (χ4n) is 3.77. The number of amides is 2. The van der Waals surface area contributed by atoms with Crippen molar-refractivity contribution in [2.45, 2.75) is 78.2 Å². The van der Waals surface area contributed by atoms with Crippen molar-refractivity contribution in [1.82, 2.24) is 9.80 Å². The largest absolute Gasteiger partial charge is 0.494 e. The second kappa shape index (κ2) is 8.34. The molecule has 2 heterocycles. The first kappa shape index (κ1) is 24.5. The lowest BCUT2D eigenvalue weighted by atomic mass is 9.78. The van der Waals surface area contributed by atoms with Gasteiger partial charge in [0.05, 0.1) is 11.2 Å². The van der Waals surface area contributed by atoms with E-state index >= 15 is 0 Å². The van der Waals surface area contributed by atoms with Crippen LogP contribution in [0.25, 0.3) is 0 Å². The molecule has 1 aromatic carbocycles. The number of hydrogen-bond donors (Lipinski definition) is 0. The summed E-state index contributed by atoms with van der Waals surface area (Å²) < 4.78 is 31.9. The molecule has 0 aliphatic carbocycles. The number of piperazine rings is 1. The highest BCUT2D eigenvalue weighted by Gasteiger charge is 2.52. The van der Waals surface area contributed by atoms with Gasteiger partial charge in [-0.2, -0.15) is 0 Å². The lowest BCUT2D eigenvalue weighted by molar-refractivity contribution is 0.00198. The van der Waals surface area contributed by atoms with Gasteiger partial charge in [-0.3, -0.25) is 4.79 Å². The third-order valence-electron chi connectivity index (χ3n) is 6.24. The van der Waals surface area contributed by atoms with Crippen molar-refractivity contribution < 1.29 is 28.0 Å². The van der Waals surface area contributed by atoms with Crippen LogP contribution < -0.4 is 5.46 Å². The van der Waals surface area contributed by atoms with E-state index in [9.17, 15) is 14.0 Å². The van der Waals surface area contributed by atoms with Crippen LogP contribution in [-0.4, -0.2) is 71.4 Å². The minimum Gasteiger partial charge on any atom is -0.444 e. The first-order valence-corrected chi connectivity index (χ1v) is 11.0. The molecule has 0 aromatic heterocycles. The van der Waals surface area contributed by atoms with E-state index in [1.165, 1.54) is 12.1 Å². The summed E-state index contributed by atoms with van der Waals surface area (Å²) >= 11 is 0. The number of hydrogen-bond acceptors (Lipinski definition) is 5. The predicted molar refractivity (Wildman–Crippen MR) is 120 cm³/mol. The average molecular weight is 448 g/mol. The van der Waals surface area contributed by atoms with Gasteiger partial charge in [0.2, 0.25) is 0 Å². The number of ether oxygens (including phenoxy) is 1. The summed E-state index contributed by atoms with van der Waals surface area (Å²) in [6, 6.07) is 3.96. The number of benzene rings is 1. The van der Waals surface area contributed by atoms with Crippen molar-refractivity contribution >= 4 is 24.6 Å². The Morgan fingerprint density at radius 2 is 1.69 bits per heavy atom. The molecule has 0 spiro atoms. The standard InChI is InChI=1S/C23H34BFN2O5/c1-15-14-26(9-10-27(15)20(29)30-21(2,3)4)19(28)16-11-17(13-18(25)12-16)24-31-22(5,6)23(7,8)32-24/h11-13,15H,9-10,14H2,1-8H3/t15-/m0/s1. The first-order valence-electron chi connectivity index (χ1n) is 11.0. The van der Waals surface area contributed by atoms with E-state index < -0.39 is 35.8 Å². The topological polar surface area (TPSA) is 68.3 Å². The third kappa shape index (κ3) is 5.09. The number of carbonyl (C=O) groups excluding carboxylic acids is 2. The molecule has 0 N–H and O–H groups in total. The van der Waals surface area contributed by atoms with Gasteiger partial charge in [0, 0.05) is 31.2 Å². The number of halogens is 1. The normalized spacial score (nSPS) is 22.8. The molecule has 0 radical (unpaired) electrons. The smallest absolute Gasteiger partial charge is 0.444 e. The molecule has 0 saturated carbocycles. The van der Waals surface area contributed by atoms with E-state index in [0.717, 1.165) is 0 Å². The van der Waals surface area contributed by atoms with E-state index in [2.05, 4.69) is 0 Å². The van der Waals surface area contributed by atoms with Gasteiger partial charge in [-0.1, -0.05) is 0 Å². The molecule has 0 unspecified atom stereocenters. The quantitative estimate of drug-likeness (QED) is 0.651. The minimum atomic E-state index is -0.759. The van der Waals surface area contributed by atoms with E-state index in [1.54, 1.807) is 15.9 Å². The van der Waals surface area contributed by atoms with Crippen LogP contribution in [-0.2, 0) is 14.0 Å². The van der Waals surface area contributed by atoms with Crippen LogP contribution in [0, 0.1) is 5.82 Å². The molecule has 2 aliphatic heterocycles. The first-order chi connectivity index (χ1) is 14.6.